The summed E-state index contributed by atoms with van der Waals surface area (Å²) in [6.07, 6.45) is 16.4. The molecule has 0 spiro atoms. The van der Waals surface area contributed by atoms with Gasteiger partial charge in [-0.3, -0.25) is 9.78 Å². The minimum absolute atomic E-state index is 0.00955. The van der Waals surface area contributed by atoms with Gasteiger partial charge in [-0.2, -0.15) is 0 Å². The Kier molecular flexibility index (Phi) is 3.87. The summed E-state index contributed by atoms with van der Waals surface area (Å²) in [6.45, 7) is 0.785. The van der Waals surface area contributed by atoms with Crippen molar-refractivity contribution in [2.45, 2.75) is 76.8 Å². The molecule has 1 heterocycles. The van der Waals surface area contributed by atoms with Crippen LogP contribution in [0.5, 0.6) is 0 Å². The number of pyridine rings is 1. The highest BCUT2D eigenvalue weighted by Crippen LogP contribution is 2.60. The van der Waals surface area contributed by atoms with Crippen LogP contribution in [0.2, 0.25) is 0 Å². The number of amides is 1. The topological polar surface area (TPSA) is 33.2 Å². The van der Waals surface area contributed by atoms with E-state index in [-0.39, 0.29) is 5.41 Å². The zero-order valence-corrected chi connectivity index (χ0v) is 15.2. The van der Waals surface area contributed by atoms with Gasteiger partial charge in [-0.05, 0) is 86.8 Å². The van der Waals surface area contributed by atoms with Crippen LogP contribution in [0.15, 0.2) is 24.5 Å². The Morgan fingerprint density at radius 3 is 2.12 bits per heavy atom. The number of aromatic nitrogens is 1. The molecule has 3 heteroatoms. The molecular weight excluding hydrogens is 308 g/mol. The second-order valence-electron chi connectivity index (χ2n) is 9.42. The van der Waals surface area contributed by atoms with Crippen LogP contribution in [0.25, 0.3) is 0 Å². The van der Waals surface area contributed by atoms with Crippen LogP contribution < -0.4 is 0 Å². The summed E-state index contributed by atoms with van der Waals surface area (Å²) >= 11 is 0. The van der Waals surface area contributed by atoms with E-state index in [2.05, 4.69) is 22.0 Å². The lowest BCUT2D eigenvalue weighted by atomic mass is 9.49. The first kappa shape index (κ1) is 15.8. The minimum atomic E-state index is -0.00955. The van der Waals surface area contributed by atoms with Gasteiger partial charge in [-0.25, -0.2) is 0 Å². The first-order valence-electron chi connectivity index (χ1n) is 10.4. The Bertz CT molecular complexity index is 599. The van der Waals surface area contributed by atoms with Crippen molar-refractivity contribution in [1.82, 2.24) is 9.88 Å². The third-order valence-corrected chi connectivity index (χ3v) is 7.62. The van der Waals surface area contributed by atoms with E-state index in [1.165, 1.54) is 69.8 Å². The SMILES string of the molecule is O=C(N(Cc1ccncc1)C1CCCC1)C12CC3CC(CC(C3)C1)C2. The minimum Gasteiger partial charge on any atom is -0.335 e. The number of carbonyl (C=O) groups is 1. The van der Waals surface area contributed by atoms with Crippen LogP contribution >= 0.6 is 0 Å². The zero-order chi connectivity index (χ0) is 16.9. The van der Waals surface area contributed by atoms with E-state index in [1.807, 2.05) is 12.4 Å². The van der Waals surface area contributed by atoms with Gasteiger partial charge < -0.3 is 4.90 Å². The van der Waals surface area contributed by atoms with E-state index >= 15 is 0 Å². The summed E-state index contributed by atoms with van der Waals surface area (Å²) < 4.78 is 0. The molecule has 5 aliphatic carbocycles. The highest BCUT2D eigenvalue weighted by Gasteiger charge is 2.56. The highest BCUT2D eigenvalue weighted by atomic mass is 16.2. The Balaban J connectivity index is 1.43. The van der Waals surface area contributed by atoms with Gasteiger partial charge in [-0.15, -0.1) is 0 Å². The van der Waals surface area contributed by atoms with Gasteiger partial charge >= 0.3 is 0 Å². The maximum absolute atomic E-state index is 13.9. The van der Waals surface area contributed by atoms with Crippen LogP contribution in [0.1, 0.15) is 69.8 Å². The molecule has 0 radical (unpaired) electrons. The van der Waals surface area contributed by atoms with Crippen LogP contribution in [-0.4, -0.2) is 21.8 Å². The van der Waals surface area contributed by atoms with E-state index in [1.54, 1.807) is 0 Å². The third kappa shape index (κ3) is 2.80. The molecule has 4 bridgehead atoms. The van der Waals surface area contributed by atoms with Crippen LogP contribution in [-0.2, 0) is 11.3 Å². The third-order valence-electron chi connectivity index (χ3n) is 7.62. The molecule has 1 amide bonds. The van der Waals surface area contributed by atoms with Gasteiger partial charge in [-0.1, -0.05) is 12.8 Å². The van der Waals surface area contributed by atoms with Crippen molar-refractivity contribution >= 4 is 5.91 Å². The second-order valence-corrected chi connectivity index (χ2v) is 9.42. The second kappa shape index (κ2) is 6.10. The van der Waals surface area contributed by atoms with Crippen molar-refractivity contribution < 1.29 is 4.79 Å². The average Bonchev–Trinajstić information content (AvgIpc) is 3.13. The molecule has 0 saturated heterocycles. The molecular formula is C22H30N2O. The molecule has 0 aliphatic heterocycles. The number of hydrogen-bond donors (Lipinski definition) is 0. The Labute approximate surface area is 151 Å². The molecule has 0 unspecified atom stereocenters. The van der Waals surface area contributed by atoms with Crippen molar-refractivity contribution in [2.75, 3.05) is 0 Å². The predicted molar refractivity (Wildman–Crippen MR) is 97.6 cm³/mol. The molecule has 5 aliphatic rings. The van der Waals surface area contributed by atoms with Gasteiger partial charge in [0.05, 0.1) is 5.41 Å². The maximum Gasteiger partial charge on any atom is 0.229 e. The summed E-state index contributed by atoms with van der Waals surface area (Å²) in [4.78, 5) is 20.3. The Hall–Kier alpha value is -1.38. The Morgan fingerprint density at radius 2 is 1.56 bits per heavy atom. The van der Waals surface area contributed by atoms with Gasteiger partial charge in [0.1, 0.15) is 0 Å². The predicted octanol–water partition coefficient (Wildman–Crippen LogP) is 4.57. The fourth-order valence-electron chi connectivity index (χ4n) is 6.94. The normalized spacial score (nSPS) is 36.7. The quantitative estimate of drug-likeness (QED) is 0.806. The monoisotopic (exact) mass is 338 g/mol. The molecule has 134 valence electrons. The summed E-state index contributed by atoms with van der Waals surface area (Å²) in [6, 6.07) is 4.62. The molecule has 1 aromatic heterocycles. The number of hydrogen-bond acceptors (Lipinski definition) is 2. The van der Waals surface area contributed by atoms with E-state index in [4.69, 9.17) is 0 Å². The van der Waals surface area contributed by atoms with E-state index in [0.29, 0.717) is 11.9 Å². The van der Waals surface area contributed by atoms with Crippen LogP contribution in [0, 0.1) is 23.2 Å². The molecule has 6 rings (SSSR count). The zero-order valence-electron chi connectivity index (χ0n) is 15.2. The average molecular weight is 338 g/mol. The highest BCUT2D eigenvalue weighted by molar-refractivity contribution is 5.83. The standard InChI is InChI=1S/C22H30N2O/c25-21(22-12-17-9-18(13-22)11-19(10-17)14-22)24(20-3-1-2-4-20)15-16-5-7-23-8-6-16/h5-8,17-20H,1-4,9-15H2. The lowest BCUT2D eigenvalue weighted by Gasteiger charge is -2.57. The van der Waals surface area contributed by atoms with Crippen LogP contribution in [0.3, 0.4) is 0 Å². The first-order chi connectivity index (χ1) is 12.2. The maximum atomic E-state index is 13.9. The van der Waals surface area contributed by atoms with Crippen molar-refractivity contribution in [3.05, 3.63) is 30.1 Å². The number of rotatable bonds is 4. The molecule has 0 N–H and O–H groups in total. The van der Waals surface area contributed by atoms with Crippen molar-refractivity contribution in [1.29, 1.82) is 0 Å². The number of carbonyl (C=O) groups excluding carboxylic acids is 1. The van der Waals surface area contributed by atoms with Crippen LogP contribution in [0.4, 0.5) is 0 Å². The van der Waals surface area contributed by atoms with E-state index in [0.717, 1.165) is 24.3 Å². The Morgan fingerprint density at radius 1 is 1.00 bits per heavy atom. The molecule has 5 fully saturated rings. The molecule has 1 aromatic rings. The fraction of sp³-hybridized carbons (Fsp3) is 0.727. The fourth-order valence-corrected chi connectivity index (χ4v) is 6.94. The first-order valence-corrected chi connectivity index (χ1v) is 10.4. The molecule has 5 saturated carbocycles. The molecule has 0 aromatic carbocycles. The smallest absolute Gasteiger partial charge is 0.229 e. The summed E-state index contributed by atoms with van der Waals surface area (Å²) in [5, 5.41) is 0. The molecule has 25 heavy (non-hydrogen) atoms. The van der Waals surface area contributed by atoms with Crippen molar-refractivity contribution in [3.63, 3.8) is 0 Å². The van der Waals surface area contributed by atoms with Crippen molar-refractivity contribution in [2.24, 2.45) is 23.2 Å². The van der Waals surface area contributed by atoms with E-state index in [9.17, 15) is 4.79 Å². The van der Waals surface area contributed by atoms with Gasteiger partial charge in [0.25, 0.3) is 0 Å². The summed E-state index contributed by atoms with van der Waals surface area (Å²) in [5.41, 5.74) is 1.23. The lowest BCUT2D eigenvalue weighted by Crippen LogP contribution is -2.56. The van der Waals surface area contributed by atoms with Crippen molar-refractivity contribution in [3.8, 4) is 0 Å². The van der Waals surface area contributed by atoms with Gasteiger partial charge in [0.2, 0.25) is 5.91 Å². The summed E-state index contributed by atoms with van der Waals surface area (Å²) in [7, 11) is 0. The lowest BCUT2D eigenvalue weighted by molar-refractivity contribution is -0.160. The molecule has 3 nitrogen and oxygen atoms in total. The number of nitrogens with zero attached hydrogens (tertiary/aromatic N) is 2. The van der Waals surface area contributed by atoms with E-state index < -0.39 is 0 Å². The summed E-state index contributed by atoms with van der Waals surface area (Å²) in [5.74, 6) is 3.01. The van der Waals surface area contributed by atoms with Gasteiger partial charge in [0.15, 0.2) is 0 Å². The van der Waals surface area contributed by atoms with Gasteiger partial charge in [0, 0.05) is 25.0 Å². The molecule has 0 atom stereocenters. The largest absolute Gasteiger partial charge is 0.335 e.